The maximum atomic E-state index is 11.5. The fourth-order valence-electron chi connectivity index (χ4n) is 3.29. The van der Waals surface area contributed by atoms with E-state index in [9.17, 15) is 4.79 Å². The van der Waals surface area contributed by atoms with E-state index in [-0.39, 0.29) is 5.91 Å². The van der Waals surface area contributed by atoms with Crippen LogP contribution in [0.4, 0.5) is 5.69 Å². The van der Waals surface area contributed by atoms with E-state index in [1.54, 1.807) is 19.3 Å². The molecule has 2 heterocycles. The lowest BCUT2D eigenvalue weighted by atomic mass is 9.97. The van der Waals surface area contributed by atoms with Gasteiger partial charge in [-0.2, -0.15) is 0 Å². The smallest absolute Gasteiger partial charge is 0.269 e. The van der Waals surface area contributed by atoms with Crippen LogP contribution in [0.15, 0.2) is 36.5 Å². The lowest BCUT2D eigenvalue weighted by Gasteiger charge is -2.27. The van der Waals surface area contributed by atoms with Crippen LogP contribution in [0.2, 0.25) is 0 Å². The van der Waals surface area contributed by atoms with Gasteiger partial charge in [0.15, 0.2) is 0 Å². The van der Waals surface area contributed by atoms with E-state index in [4.69, 9.17) is 0 Å². The van der Waals surface area contributed by atoms with Gasteiger partial charge in [-0.3, -0.25) is 9.78 Å². The van der Waals surface area contributed by atoms with Gasteiger partial charge in [0.25, 0.3) is 5.91 Å². The molecule has 0 spiro atoms. The Morgan fingerprint density at radius 2 is 1.81 bits per heavy atom. The van der Waals surface area contributed by atoms with Crippen molar-refractivity contribution in [3.63, 3.8) is 0 Å². The Hall–Kier alpha value is -2.36. The molecule has 0 atom stereocenters. The number of nitrogens with one attached hydrogen (secondary N) is 1. The van der Waals surface area contributed by atoms with Crippen molar-refractivity contribution in [1.29, 1.82) is 0 Å². The number of hydrogen-bond donors (Lipinski definition) is 1. The number of hydrogen-bond acceptors (Lipinski definition) is 3. The van der Waals surface area contributed by atoms with Gasteiger partial charge >= 0.3 is 0 Å². The highest BCUT2D eigenvalue weighted by atomic mass is 16.1. The first-order chi connectivity index (χ1) is 13.1. The van der Waals surface area contributed by atoms with E-state index < -0.39 is 0 Å². The molecule has 1 amide bonds. The highest BCUT2D eigenvalue weighted by Crippen LogP contribution is 2.30. The van der Waals surface area contributed by atoms with E-state index in [0.717, 1.165) is 24.1 Å². The number of pyridine rings is 1. The predicted molar refractivity (Wildman–Crippen MR) is 114 cm³/mol. The summed E-state index contributed by atoms with van der Waals surface area (Å²) in [6.45, 7) is 5.58. The first kappa shape index (κ1) is 20.9. The predicted octanol–water partition coefficient (Wildman–Crippen LogP) is 5.08. The zero-order valence-electron chi connectivity index (χ0n) is 17.2. The van der Waals surface area contributed by atoms with Crippen LogP contribution < -0.4 is 10.2 Å². The highest BCUT2D eigenvalue weighted by Gasteiger charge is 2.14. The third-order valence-corrected chi connectivity index (χ3v) is 4.94. The summed E-state index contributed by atoms with van der Waals surface area (Å²) in [5.74, 6) is -0.159. The molecule has 0 saturated heterocycles. The molecule has 3 rings (SSSR count). The molecule has 1 aromatic carbocycles. The van der Waals surface area contributed by atoms with Crippen LogP contribution in [-0.2, 0) is 6.42 Å². The Labute approximate surface area is 164 Å². The lowest BCUT2D eigenvalue weighted by Crippen LogP contribution is -2.24. The van der Waals surface area contributed by atoms with Crippen LogP contribution >= 0.6 is 0 Å². The van der Waals surface area contributed by atoms with Gasteiger partial charge in [0.1, 0.15) is 5.69 Å². The van der Waals surface area contributed by atoms with Crippen LogP contribution in [0.3, 0.4) is 0 Å². The molecule has 146 valence electrons. The molecule has 0 aliphatic carbocycles. The van der Waals surface area contributed by atoms with Crippen LogP contribution in [-0.4, -0.2) is 31.5 Å². The number of carbonyl (C=O) groups excluding carboxylic acids is 1. The summed E-state index contributed by atoms with van der Waals surface area (Å²) in [5.41, 5.74) is 5.34. The second kappa shape index (κ2) is 10.7. The normalized spacial score (nSPS) is 12.7. The Morgan fingerprint density at radius 3 is 2.41 bits per heavy atom. The highest BCUT2D eigenvalue weighted by molar-refractivity contribution is 5.92. The summed E-state index contributed by atoms with van der Waals surface area (Å²) in [6.07, 6.45) is 9.62. The summed E-state index contributed by atoms with van der Waals surface area (Å²) >= 11 is 0. The topological polar surface area (TPSA) is 45.2 Å². The summed E-state index contributed by atoms with van der Waals surface area (Å²) in [6, 6.07) is 10.3. The maximum Gasteiger partial charge on any atom is 0.269 e. The van der Waals surface area contributed by atoms with Gasteiger partial charge in [0, 0.05) is 38.1 Å². The van der Waals surface area contributed by atoms with Gasteiger partial charge < -0.3 is 10.2 Å². The fourth-order valence-corrected chi connectivity index (χ4v) is 3.29. The van der Waals surface area contributed by atoms with Crippen LogP contribution in [0, 0.1) is 0 Å². The number of aromatic nitrogens is 1. The minimum absolute atomic E-state index is 0.159. The lowest BCUT2D eigenvalue weighted by molar-refractivity contribution is 0.0958. The molecule has 1 N–H and O–H groups in total. The molecule has 4 heteroatoms. The average molecular weight is 368 g/mol. The first-order valence-electron chi connectivity index (χ1n) is 10.1. The summed E-state index contributed by atoms with van der Waals surface area (Å²) < 4.78 is 0. The zero-order chi connectivity index (χ0) is 19.6. The number of anilines is 1. The molecule has 0 radical (unpaired) electrons. The van der Waals surface area contributed by atoms with E-state index >= 15 is 0 Å². The molecular formula is C23H33N3O. The molecule has 1 aliphatic rings. The molecule has 1 aromatic heterocycles. The SMILES string of the molecule is CCCCCC.CNC(=O)c1ccc(-c2ccc3c(c2)CCCN3C)cn1. The quantitative estimate of drug-likeness (QED) is 0.750. The molecule has 0 saturated carbocycles. The zero-order valence-corrected chi connectivity index (χ0v) is 17.2. The molecule has 0 bridgehead atoms. The Morgan fingerprint density at radius 1 is 1.11 bits per heavy atom. The van der Waals surface area contributed by atoms with E-state index in [1.807, 2.05) is 6.07 Å². The average Bonchev–Trinajstić information content (AvgIpc) is 2.72. The van der Waals surface area contributed by atoms with Crippen LogP contribution in [0.5, 0.6) is 0 Å². The second-order valence-electron chi connectivity index (χ2n) is 7.09. The molecule has 1 aliphatic heterocycles. The van der Waals surface area contributed by atoms with Crippen LogP contribution in [0.25, 0.3) is 11.1 Å². The maximum absolute atomic E-state index is 11.5. The van der Waals surface area contributed by atoms with Crippen molar-refractivity contribution >= 4 is 11.6 Å². The van der Waals surface area contributed by atoms with Crippen molar-refractivity contribution < 1.29 is 4.79 Å². The molecule has 27 heavy (non-hydrogen) atoms. The molecule has 2 aromatic rings. The number of nitrogens with zero attached hydrogens (tertiary/aromatic N) is 2. The number of rotatable bonds is 5. The monoisotopic (exact) mass is 367 g/mol. The van der Waals surface area contributed by atoms with Gasteiger partial charge in [-0.15, -0.1) is 0 Å². The van der Waals surface area contributed by atoms with E-state index in [1.165, 1.54) is 43.4 Å². The number of benzene rings is 1. The van der Waals surface area contributed by atoms with E-state index in [2.05, 4.69) is 54.3 Å². The van der Waals surface area contributed by atoms with Gasteiger partial charge in [-0.05, 0) is 42.2 Å². The Balaban J connectivity index is 0.000000380. The summed E-state index contributed by atoms with van der Waals surface area (Å²) in [5, 5.41) is 2.58. The van der Waals surface area contributed by atoms with Crippen molar-refractivity contribution in [3.8, 4) is 11.1 Å². The largest absolute Gasteiger partial charge is 0.374 e. The summed E-state index contributed by atoms with van der Waals surface area (Å²) in [7, 11) is 3.75. The van der Waals surface area contributed by atoms with Crippen molar-refractivity contribution in [2.75, 3.05) is 25.5 Å². The minimum Gasteiger partial charge on any atom is -0.374 e. The third kappa shape index (κ3) is 5.81. The molecule has 0 fully saturated rings. The van der Waals surface area contributed by atoms with E-state index in [0.29, 0.717) is 5.69 Å². The molecule has 0 unspecified atom stereocenters. The van der Waals surface area contributed by atoms with Crippen molar-refractivity contribution in [3.05, 3.63) is 47.8 Å². The van der Waals surface area contributed by atoms with Crippen molar-refractivity contribution in [2.24, 2.45) is 0 Å². The summed E-state index contributed by atoms with van der Waals surface area (Å²) in [4.78, 5) is 18.0. The molecule has 4 nitrogen and oxygen atoms in total. The first-order valence-corrected chi connectivity index (χ1v) is 10.1. The standard InChI is InChI=1S/C17H19N3O.C6H14/c1-18-17(21)15-7-5-14(11-19-15)12-6-8-16-13(10-12)4-3-9-20(16)2;1-3-5-6-4-2/h5-8,10-11H,3-4,9H2,1-2H3,(H,18,21);3-6H2,1-2H3. The van der Waals surface area contributed by atoms with Crippen molar-refractivity contribution in [2.45, 2.75) is 52.4 Å². The molecular weight excluding hydrogens is 334 g/mol. The third-order valence-electron chi connectivity index (χ3n) is 4.94. The number of aryl methyl sites for hydroxylation is 1. The second-order valence-corrected chi connectivity index (χ2v) is 7.09. The Bertz CT molecular complexity index is 721. The number of carbonyl (C=O) groups is 1. The minimum atomic E-state index is -0.159. The number of amides is 1. The Kier molecular flexibility index (Phi) is 8.31. The number of unbranched alkanes of at least 4 members (excludes halogenated alkanes) is 3. The number of fused-ring (bicyclic) bond motifs is 1. The van der Waals surface area contributed by atoms with Crippen LogP contribution in [0.1, 0.15) is 62.0 Å². The van der Waals surface area contributed by atoms with Gasteiger partial charge in [-0.1, -0.05) is 51.7 Å². The van der Waals surface area contributed by atoms with Gasteiger partial charge in [0.2, 0.25) is 0 Å². The van der Waals surface area contributed by atoms with Gasteiger partial charge in [-0.25, -0.2) is 0 Å². The fraction of sp³-hybridized carbons (Fsp3) is 0.478. The van der Waals surface area contributed by atoms with Crippen molar-refractivity contribution in [1.82, 2.24) is 10.3 Å². The van der Waals surface area contributed by atoms with Gasteiger partial charge in [0.05, 0.1) is 0 Å².